The van der Waals surface area contributed by atoms with Crippen molar-refractivity contribution in [1.82, 2.24) is 18.5 Å². The van der Waals surface area contributed by atoms with Crippen LogP contribution in [0.1, 0.15) is 35.8 Å². The van der Waals surface area contributed by atoms with E-state index in [0.717, 1.165) is 23.6 Å². The molecule has 0 fully saturated rings. The molecule has 6 nitrogen and oxygen atoms in total. The van der Waals surface area contributed by atoms with Crippen molar-refractivity contribution in [3.63, 3.8) is 0 Å². The van der Waals surface area contributed by atoms with Crippen molar-refractivity contribution in [3.8, 4) is 0 Å². The van der Waals surface area contributed by atoms with E-state index in [1.165, 1.54) is 4.57 Å². The van der Waals surface area contributed by atoms with Crippen LogP contribution in [0.15, 0.2) is 54.9 Å². The van der Waals surface area contributed by atoms with E-state index in [4.69, 9.17) is 0 Å². The molecule has 0 saturated heterocycles. The average molecular weight is 439 g/mol. The number of aromatic nitrogens is 3. The molecule has 0 bridgehead atoms. The topological polar surface area (TPSA) is 68.9 Å². The second-order valence-corrected chi connectivity index (χ2v) is 7.33. The number of fused-ring (bicyclic) bond motifs is 2. The highest BCUT2D eigenvalue weighted by Gasteiger charge is 2.24. The molecule has 3 heterocycles. The molecule has 7 heteroatoms. The number of halogens is 1. The number of hydrogen-bond acceptors (Lipinski definition) is 3. The zero-order valence-corrected chi connectivity index (χ0v) is 16.9. The van der Waals surface area contributed by atoms with Crippen molar-refractivity contribution in [2.24, 2.45) is 0 Å². The number of hydrogen-bond donors (Lipinski definition) is 1. The van der Waals surface area contributed by atoms with Gasteiger partial charge in [-0.05, 0) is 30.7 Å². The van der Waals surface area contributed by atoms with Gasteiger partial charge in [-0.3, -0.25) is 13.0 Å². The van der Waals surface area contributed by atoms with E-state index >= 15 is 0 Å². The second-order valence-electron chi connectivity index (χ2n) is 6.57. The summed E-state index contributed by atoms with van der Waals surface area (Å²) >= 11 is 3.40. The molecule has 1 N–H and O–H groups in total. The van der Waals surface area contributed by atoms with E-state index in [2.05, 4.69) is 33.4 Å². The predicted molar refractivity (Wildman–Crippen MR) is 113 cm³/mol. The number of rotatable bonds is 5. The Morgan fingerprint density at radius 3 is 2.82 bits per heavy atom. The lowest BCUT2D eigenvalue weighted by molar-refractivity contribution is 0.103. The summed E-state index contributed by atoms with van der Waals surface area (Å²) in [5.41, 5.74) is 2.19. The molecule has 142 valence electrons. The second kappa shape index (κ2) is 7.59. The number of nitrogens with one attached hydrogen (secondary N) is 1. The number of amides is 1. The van der Waals surface area contributed by atoms with Crippen LogP contribution in [0.5, 0.6) is 0 Å². The van der Waals surface area contributed by atoms with Crippen LogP contribution < -0.4 is 5.32 Å². The lowest BCUT2D eigenvalue weighted by Gasteiger charge is -2.10. The Bertz CT molecular complexity index is 1190. The molecule has 0 atom stereocenters. The predicted octanol–water partition coefficient (Wildman–Crippen LogP) is 4.74. The van der Waals surface area contributed by atoms with Crippen molar-refractivity contribution in [2.75, 3.05) is 6.54 Å². The van der Waals surface area contributed by atoms with Crippen LogP contribution in [0.2, 0.25) is 0 Å². The van der Waals surface area contributed by atoms with Crippen molar-refractivity contribution in [1.29, 1.82) is 0 Å². The minimum Gasteiger partial charge on any atom is -0.337 e. The molecule has 0 spiro atoms. The summed E-state index contributed by atoms with van der Waals surface area (Å²) in [4.78, 5) is 30.6. The first-order chi connectivity index (χ1) is 13.6. The zero-order valence-electron chi connectivity index (χ0n) is 15.4. The first-order valence-corrected chi connectivity index (χ1v) is 9.88. The standard InChI is InChI=1S/C21H19BrN4O2/c1-2-3-10-24-21(28)26-17-9-5-4-7-14(17)12-18(26)19(27)16-13-25(22)20-15(16)8-6-11-23-20/h4-9,11-13H,2-3,10H2,1H3,(H,24,28). The van der Waals surface area contributed by atoms with Crippen LogP contribution in [-0.2, 0) is 0 Å². The monoisotopic (exact) mass is 438 g/mol. The maximum atomic E-state index is 13.4. The van der Waals surface area contributed by atoms with Crippen molar-refractivity contribution in [3.05, 3.63) is 66.1 Å². The van der Waals surface area contributed by atoms with Crippen LogP contribution in [0, 0.1) is 0 Å². The first-order valence-electron chi connectivity index (χ1n) is 9.17. The molecule has 1 amide bonds. The van der Waals surface area contributed by atoms with Gasteiger partial charge in [0.1, 0.15) is 0 Å². The number of ketones is 1. The molecule has 0 aliphatic heterocycles. The minimum atomic E-state index is -0.293. The first kappa shape index (κ1) is 18.4. The van der Waals surface area contributed by atoms with E-state index in [1.807, 2.05) is 30.3 Å². The normalized spacial score (nSPS) is 11.2. The van der Waals surface area contributed by atoms with Gasteiger partial charge in [-0.1, -0.05) is 31.5 Å². The highest BCUT2D eigenvalue weighted by Crippen LogP contribution is 2.27. The quantitative estimate of drug-likeness (QED) is 0.361. The van der Waals surface area contributed by atoms with Gasteiger partial charge in [0.05, 0.1) is 32.9 Å². The smallest absolute Gasteiger partial charge is 0.326 e. The fourth-order valence-corrected chi connectivity index (χ4v) is 3.82. The number of nitrogens with zero attached hydrogens (tertiary/aromatic N) is 3. The summed E-state index contributed by atoms with van der Waals surface area (Å²) in [5.74, 6) is -0.224. The van der Waals surface area contributed by atoms with Gasteiger partial charge in [-0.25, -0.2) is 9.78 Å². The summed E-state index contributed by atoms with van der Waals surface area (Å²) in [7, 11) is 0. The Morgan fingerprint density at radius 1 is 1.18 bits per heavy atom. The molecule has 3 aromatic heterocycles. The van der Waals surface area contributed by atoms with Crippen molar-refractivity contribution >= 4 is 49.9 Å². The molecule has 0 radical (unpaired) electrons. The molecule has 1 aromatic carbocycles. The molecular weight excluding hydrogens is 420 g/mol. The number of para-hydroxylation sites is 1. The molecule has 0 unspecified atom stereocenters. The minimum absolute atomic E-state index is 0.224. The molecule has 0 aliphatic rings. The summed E-state index contributed by atoms with van der Waals surface area (Å²) < 4.78 is 3.12. The van der Waals surface area contributed by atoms with E-state index < -0.39 is 0 Å². The van der Waals surface area contributed by atoms with Gasteiger partial charge >= 0.3 is 6.03 Å². The fourth-order valence-electron chi connectivity index (χ4n) is 3.33. The van der Waals surface area contributed by atoms with Crippen LogP contribution in [-0.4, -0.2) is 31.5 Å². The fraction of sp³-hybridized carbons (Fsp3) is 0.190. The Morgan fingerprint density at radius 2 is 2.00 bits per heavy atom. The molecule has 4 aromatic rings. The third-order valence-corrected chi connectivity index (χ3v) is 5.26. The Balaban J connectivity index is 1.84. The Labute approximate surface area is 170 Å². The number of carbonyl (C=O) groups excluding carboxylic acids is 2. The number of carbonyl (C=O) groups is 2. The highest BCUT2D eigenvalue weighted by molar-refractivity contribution is 9.08. The van der Waals surface area contributed by atoms with Gasteiger partial charge < -0.3 is 5.32 Å². The van der Waals surface area contributed by atoms with E-state index in [9.17, 15) is 9.59 Å². The van der Waals surface area contributed by atoms with Crippen molar-refractivity contribution < 1.29 is 9.59 Å². The summed E-state index contributed by atoms with van der Waals surface area (Å²) in [5, 5.41) is 4.49. The molecule has 28 heavy (non-hydrogen) atoms. The highest BCUT2D eigenvalue weighted by atomic mass is 79.9. The van der Waals surface area contributed by atoms with Gasteiger partial charge in [-0.2, -0.15) is 0 Å². The van der Waals surface area contributed by atoms with E-state index in [1.54, 1.807) is 28.1 Å². The van der Waals surface area contributed by atoms with Gasteiger partial charge in [-0.15, -0.1) is 0 Å². The third-order valence-electron chi connectivity index (χ3n) is 4.72. The van der Waals surface area contributed by atoms with Crippen molar-refractivity contribution in [2.45, 2.75) is 19.8 Å². The number of unbranched alkanes of at least 4 members (excludes halogenated alkanes) is 1. The van der Waals surface area contributed by atoms with Gasteiger partial charge in [0.2, 0.25) is 5.78 Å². The molecular formula is C21H19BrN4O2. The maximum Gasteiger partial charge on any atom is 0.326 e. The van der Waals surface area contributed by atoms with Crippen LogP contribution in [0.4, 0.5) is 4.79 Å². The molecule has 0 saturated carbocycles. The summed E-state index contributed by atoms with van der Waals surface area (Å²) in [6.45, 7) is 2.64. The third kappa shape index (κ3) is 3.11. The van der Waals surface area contributed by atoms with E-state index in [0.29, 0.717) is 29.0 Å². The summed E-state index contributed by atoms with van der Waals surface area (Å²) in [6.07, 6.45) is 5.23. The van der Waals surface area contributed by atoms with Gasteiger partial charge in [0, 0.05) is 29.7 Å². The largest absolute Gasteiger partial charge is 0.337 e. The lowest BCUT2D eigenvalue weighted by Crippen LogP contribution is -2.31. The Hall–Kier alpha value is -2.93. The Kier molecular flexibility index (Phi) is 5.00. The van der Waals surface area contributed by atoms with Gasteiger partial charge in [0.15, 0.2) is 5.65 Å². The van der Waals surface area contributed by atoms with E-state index in [-0.39, 0.29) is 11.8 Å². The zero-order chi connectivity index (χ0) is 19.7. The molecule has 4 rings (SSSR count). The van der Waals surface area contributed by atoms with Crippen LogP contribution in [0.25, 0.3) is 21.9 Å². The average Bonchev–Trinajstić information content (AvgIpc) is 3.26. The van der Waals surface area contributed by atoms with Crippen LogP contribution >= 0.6 is 16.1 Å². The SMILES string of the molecule is CCCCNC(=O)n1c(C(=O)c2cn(Br)c3ncccc23)cc2ccccc21. The van der Waals surface area contributed by atoms with Crippen LogP contribution in [0.3, 0.4) is 0 Å². The summed E-state index contributed by atoms with van der Waals surface area (Å²) in [6, 6.07) is 12.6. The van der Waals surface area contributed by atoms with Gasteiger partial charge in [0.25, 0.3) is 0 Å². The number of benzene rings is 1. The lowest BCUT2D eigenvalue weighted by atomic mass is 10.1. The molecule has 0 aliphatic carbocycles. The number of pyridine rings is 1. The maximum absolute atomic E-state index is 13.4.